The lowest BCUT2D eigenvalue weighted by atomic mass is 10.0. The van der Waals surface area contributed by atoms with Gasteiger partial charge in [0.15, 0.2) is 5.69 Å². The summed E-state index contributed by atoms with van der Waals surface area (Å²) >= 11 is 0. The number of non-ortho nitro benzene ring substituents is 1. The van der Waals surface area contributed by atoms with Gasteiger partial charge in [0.2, 0.25) is 0 Å². The maximum Gasteiger partial charge on any atom is 0.291 e. The van der Waals surface area contributed by atoms with Crippen LogP contribution in [-0.4, -0.2) is 26.8 Å². The van der Waals surface area contributed by atoms with Gasteiger partial charge in [-0.3, -0.25) is 19.6 Å². The van der Waals surface area contributed by atoms with Gasteiger partial charge in [0.25, 0.3) is 11.6 Å². The van der Waals surface area contributed by atoms with Crippen molar-refractivity contribution in [2.45, 2.75) is 33.2 Å². The summed E-state index contributed by atoms with van der Waals surface area (Å²) in [7, 11) is 0. The molecular formula is C24H25N5O3. The van der Waals surface area contributed by atoms with Crippen LogP contribution in [0.1, 0.15) is 53.9 Å². The van der Waals surface area contributed by atoms with Crippen molar-refractivity contribution >= 4 is 23.9 Å². The second-order valence-corrected chi connectivity index (χ2v) is 7.73. The Labute approximate surface area is 186 Å². The van der Waals surface area contributed by atoms with Crippen LogP contribution >= 0.6 is 0 Å². The van der Waals surface area contributed by atoms with E-state index in [9.17, 15) is 14.9 Å². The molecule has 0 saturated heterocycles. The molecule has 0 aliphatic heterocycles. The summed E-state index contributed by atoms with van der Waals surface area (Å²) in [6.07, 6.45) is 5.24. The first-order chi connectivity index (χ1) is 15.3. The third kappa shape index (κ3) is 6.21. The van der Waals surface area contributed by atoms with E-state index in [-0.39, 0.29) is 11.4 Å². The fourth-order valence-electron chi connectivity index (χ4n) is 3.01. The maximum atomic E-state index is 12.3. The van der Waals surface area contributed by atoms with Crippen molar-refractivity contribution in [3.63, 3.8) is 0 Å². The standard InChI is InChI=1S/C24H25N5O3/c1-17(2)21-8-4-19(5-9-21)14-18(3)15-25-26-24(30)23-12-13-28(27-23)16-20-6-10-22(11-7-20)29(31)32/h4-15,17H,16H2,1-3H3,(H,26,30)/b18-14+,25-15+. The maximum absolute atomic E-state index is 12.3. The molecule has 0 spiro atoms. The highest BCUT2D eigenvalue weighted by molar-refractivity contribution is 5.93. The zero-order chi connectivity index (χ0) is 23.1. The summed E-state index contributed by atoms with van der Waals surface area (Å²) in [6, 6.07) is 16.1. The van der Waals surface area contributed by atoms with Crippen LogP contribution in [0, 0.1) is 10.1 Å². The fraction of sp³-hybridized carbons (Fsp3) is 0.208. The number of nitrogens with one attached hydrogen (secondary N) is 1. The highest BCUT2D eigenvalue weighted by Gasteiger charge is 2.09. The number of carbonyl (C=O) groups is 1. The van der Waals surface area contributed by atoms with E-state index >= 15 is 0 Å². The van der Waals surface area contributed by atoms with E-state index in [0.29, 0.717) is 12.5 Å². The predicted octanol–water partition coefficient (Wildman–Crippen LogP) is 4.78. The highest BCUT2D eigenvalue weighted by Crippen LogP contribution is 2.16. The van der Waals surface area contributed by atoms with Gasteiger partial charge in [0.05, 0.1) is 17.7 Å². The molecule has 0 aliphatic rings. The average Bonchev–Trinajstić information content (AvgIpc) is 3.23. The lowest BCUT2D eigenvalue weighted by Gasteiger charge is -2.05. The molecule has 0 saturated carbocycles. The molecule has 1 N–H and O–H groups in total. The molecule has 0 aliphatic carbocycles. The van der Waals surface area contributed by atoms with E-state index in [1.807, 2.05) is 13.0 Å². The number of rotatable bonds is 8. The van der Waals surface area contributed by atoms with Crippen LogP contribution in [0.4, 0.5) is 5.69 Å². The molecule has 0 unspecified atom stereocenters. The molecule has 0 atom stereocenters. The van der Waals surface area contributed by atoms with Gasteiger partial charge in [-0.2, -0.15) is 10.2 Å². The quantitative estimate of drug-likeness (QED) is 0.315. The lowest BCUT2D eigenvalue weighted by Crippen LogP contribution is -2.18. The summed E-state index contributed by atoms with van der Waals surface area (Å²) in [5, 5.41) is 19.0. The van der Waals surface area contributed by atoms with Crippen LogP contribution in [0.15, 0.2) is 71.5 Å². The van der Waals surface area contributed by atoms with Crippen molar-refractivity contribution in [1.82, 2.24) is 15.2 Å². The van der Waals surface area contributed by atoms with E-state index in [1.165, 1.54) is 17.7 Å². The van der Waals surface area contributed by atoms with Crippen molar-refractivity contribution in [1.29, 1.82) is 0 Å². The van der Waals surface area contributed by atoms with Crippen LogP contribution in [0.2, 0.25) is 0 Å². The molecule has 0 fully saturated rings. The van der Waals surface area contributed by atoms with Crippen LogP contribution in [0.3, 0.4) is 0 Å². The zero-order valence-electron chi connectivity index (χ0n) is 18.2. The Morgan fingerprint density at radius 3 is 2.47 bits per heavy atom. The first-order valence-electron chi connectivity index (χ1n) is 10.2. The summed E-state index contributed by atoms with van der Waals surface area (Å²) in [5.41, 5.74) is 6.82. The smallest absolute Gasteiger partial charge is 0.268 e. The molecule has 164 valence electrons. The van der Waals surface area contributed by atoms with Gasteiger partial charge >= 0.3 is 0 Å². The number of nitro benzene ring substituents is 1. The Kier molecular flexibility index (Phi) is 7.28. The van der Waals surface area contributed by atoms with E-state index < -0.39 is 10.8 Å². The van der Waals surface area contributed by atoms with E-state index in [4.69, 9.17) is 0 Å². The van der Waals surface area contributed by atoms with Crippen LogP contribution in [0.25, 0.3) is 6.08 Å². The normalized spacial score (nSPS) is 11.8. The molecule has 0 radical (unpaired) electrons. The van der Waals surface area contributed by atoms with Crippen molar-refractivity contribution < 1.29 is 9.72 Å². The third-order valence-corrected chi connectivity index (χ3v) is 4.80. The second kappa shape index (κ2) is 10.3. The first-order valence-corrected chi connectivity index (χ1v) is 10.2. The number of hydrogen-bond acceptors (Lipinski definition) is 5. The Hall–Kier alpha value is -4.07. The number of nitro groups is 1. The summed E-state index contributed by atoms with van der Waals surface area (Å²) in [5.74, 6) is 0.0706. The van der Waals surface area contributed by atoms with Gasteiger partial charge in [-0.1, -0.05) is 56.3 Å². The zero-order valence-corrected chi connectivity index (χ0v) is 18.2. The molecule has 0 bridgehead atoms. The highest BCUT2D eigenvalue weighted by atomic mass is 16.6. The van der Waals surface area contributed by atoms with E-state index in [1.54, 1.807) is 35.3 Å². The topological polar surface area (TPSA) is 102 Å². The van der Waals surface area contributed by atoms with Crippen LogP contribution in [0.5, 0.6) is 0 Å². The minimum atomic E-state index is -0.444. The van der Waals surface area contributed by atoms with Crippen LogP contribution in [-0.2, 0) is 6.54 Å². The summed E-state index contributed by atoms with van der Waals surface area (Å²) < 4.78 is 1.59. The SMILES string of the molecule is CC(/C=N/NC(=O)c1ccn(Cc2ccc([N+](=O)[O-])cc2)n1)=C\c1ccc(C(C)C)cc1. The molecule has 1 heterocycles. The number of amides is 1. The van der Waals surface area contributed by atoms with Gasteiger partial charge in [-0.15, -0.1) is 0 Å². The Morgan fingerprint density at radius 1 is 1.16 bits per heavy atom. The molecule has 3 aromatic rings. The summed E-state index contributed by atoms with van der Waals surface area (Å²) in [4.78, 5) is 22.6. The number of benzene rings is 2. The molecular weight excluding hydrogens is 406 g/mol. The van der Waals surface area contributed by atoms with Crippen molar-refractivity contribution in [2.24, 2.45) is 5.10 Å². The van der Waals surface area contributed by atoms with Gasteiger partial charge in [-0.25, -0.2) is 5.43 Å². The molecule has 32 heavy (non-hydrogen) atoms. The average molecular weight is 431 g/mol. The molecule has 8 heteroatoms. The number of hydrogen-bond donors (Lipinski definition) is 1. The monoisotopic (exact) mass is 431 g/mol. The molecule has 1 aromatic heterocycles. The number of aromatic nitrogens is 2. The fourth-order valence-corrected chi connectivity index (χ4v) is 3.01. The molecule has 2 aromatic carbocycles. The molecule has 3 rings (SSSR count). The second-order valence-electron chi connectivity index (χ2n) is 7.73. The lowest BCUT2D eigenvalue weighted by molar-refractivity contribution is -0.384. The van der Waals surface area contributed by atoms with Gasteiger partial charge in [0.1, 0.15) is 0 Å². The first kappa shape index (κ1) is 22.6. The number of allylic oxidation sites excluding steroid dienone is 1. The van der Waals surface area contributed by atoms with Crippen LogP contribution < -0.4 is 5.43 Å². The minimum absolute atomic E-state index is 0.0315. The van der Waals surface area contributed by atoms with E-state index in [0.717, 1.165) is 16.7 Å². The Balaban J connectivity index is 1.55. The minimum Gasteiger partial charge on any atom is -0.268 e. The Bertz CT molecular complexity index is 1140. The number of hydrazone groups is 1. The third-order valence-electron chi connectivity index (χ3n) is 4.80. The Morgan fingerprint density at radius 2 is 1.84 bits per heavy atom. The molecule has 8 nitrogen and oxygen atoms in total. The number of carbonyl (C=O) groups excluding carboxylic acids is 1. The predicted molar refractivity (Wildman–Crippen MR) is 125 cm³/mol. The van der Waals surface area contributed by atoms with Crippen molar-refractivity contribution in [3.8, 4) is 0 Å². The van der Waals surface area contributed by atoms with E-state index in [2.05, 4.69) is 53.7 Å². The largest absolute Gasteiger partial charge is 0.291 e. The van der Waals surface area contributed by atoms with Crippen molar-refractivity contribution in [3.05, 3.63) is 98.9 Å². The summed E-state index contributed by atoms with van der Waals surface area (Å²) in [6.45, 7) is 6.62. The number of nitrogens with zero attached hydrogens (tertiary/aromatic N) is 4. The van der Waals surface area contributed by atoms with Gasteiger partial charge in [0, 0.05) is 18.3 Å². The van der Waals surface area contributed by atoms with Gasteiger partial charge < -0.3 is 0 Å². The van der Waals surface area contributed by atoms with Crippen molar-refractivity contribution in [2.75, 3.05) is 0 Å². The van der Waals surface area contributed by atoms with Gasteiger partial charge in [-0.05, 0) is 41.2 Å². The molecule has 1 amide bonds.